The van der Waals surface area contributed by atoms with Gasteiger partial charge in [0.05, 0.1) is 17.6 Å². The molecular formula is C18H18F6N2O3. The van der Waals surface area contributed by atoms with Gasteiger partial charge in [0.25, 0.3) is 5.60 Å². The zero-order valence-electron chi connectivity index (χ0n) is 15.2. The molecule has 0 aliphatic heterocycles. The van der Waals surface area contributed by atoms with Crippen molar-refractivity contribution in [1.82, 2.24) is 9.97 Å². The first-order chi connectivity index (χ1) is 13.4. The maximum atomic E-state index is 13.1. The summed E-state index contributed by atoms with van der Waals surface area (Å²) in [6, 6.07) is 4.38. The SMILES string of the molecule is CCCc1nc(C(O)(C(F)(F)F)C(F)(F)F)ccc1Oc1ccc(CCO)nc1. The van der Waals surface area contributed by atoms with Gasteiger partial charge in [0.15, 0.2) is 0 Å². The van der Waals surface area contributed by atoms with Crippen LogP contribution in [-0.2, 0) is 18.4 Å². The molecule has 0 saturated carbocycles. The van der Waals surface area contributed by atoms with Crippen LogP contribution in [-0.4, -0.2) is 39.1 Å². The molecule has 0 aromatic carbocycles. The number of hydrogen-bond acceptors (Lipinski definition) is 5. The summed E-state index contributed by atoms with van der Waals surface area (Å²) in [5, 5.41) is 18.4. The Labute approximate surface area is 162 Å². The molecule has 0 fully saturated rings. The van der Waals surface area contributed by atoms with Crippen molar-refractivity contribution < 1.29 is 41.3 Å². The van der Waals surface area contributed by atoms with Crippen molar-refractivity contribution in [2.24, 2.45) is 0 Å². The van der Waals surface area contributed by atoms with E-state index in [4.69, 9.17) is 9.84 Å². The number of halogens is 6. The van der Waals surface area contributed by atoms with Crippen LogP contribution < -0.4 is 4.74 Å². The minimum atomic E-state index is -6.02. The minimum absolute atomic E-state index is 0.0188. The largest absolute Gasteiger partial charge is 0.454 e. The van der Waals surface area contributed by atoms with Crippen LogP contribution in [0.4, 0.5) is 26.3 Å². The molecule has 0 spiro atoms. The van der Waals surface area contributed by atoms with Crippen molar-refractivity contribution in [3.63, 3.8) is 0 Å². The molecule has 2 heterocycles. The van der Waals surface area contributed by atoms with Crippen molar-refractivity contribution in [3.8, 4) is 11.5 Å². The number of pyridine rings is 2. The summed E-state index contributed by atoms with van der Waals surface area (Å²) in [5.74, 6) is 0.125. The van der Waals surface area contributed by atoms with Gasteiger partial charge in [-0.3, -0.25) is 9.97 Å². The predicted molar refractivity (Wildman–Crippen MR) is 89.3 cm³/mol. The highest BCUT2D eigenvalue weighted by molar-refractivity contribution is 5.36. The molecule has 2 rings (SSSR count). The molecule has 11 heteroatoms. The van der Waals surface area contributed by atoms with Gasteiger partial charge >= 0.3 is 12.4 Å². The number of aryl methyl sites for hydroxylation is 1. The lowest BCUT2D eigenvalue weighted by atomic mass is 9.96. The standard InChI is InChI=1S/C18H18F6N2O3/c1-2-3-13-14(29-12-5-4-11(8-9-27)25-10-12)6-7-15(26-13)16(28,17(19,20)21)18(22,23)24/h4-7,10,27-28H,2-3,8-9H2,1H3. The molecular weight excluding hydrogens is 406 g/mol. The molecule has 0 aliphatic carbocycles. The van der Waals surface area contributed by atoms with E-state index in [1.165, 1.54) is 12.3 Å². The molecule has 0 unspecified atom stereocenters. The molecule has 0 aliphatic rings. The van der Waals surface area contributed by atoms with Gasteiger partial charge in [-0.15, -0.1) is 0 Å². The summed E-state index contributed by atoms with van der Waals surface area (Å²) in [6.45, 7) is 1.55. The number of nitrogens with zero attached hydrogens (tertiary/aromatic N) is 2. The van der Waals surface area contributed by atoms with Crippen LogP contribution in [0.1, 0.15) is 30.4 Å². The molecule has 2 N–H and O–H groups in total. The van der Waals surface area contributed by atoms with Crippen LogP contribution in [0.15, 0.2) is 30.5 Å². The molecule has 0 saturated heterocycles. The number of aliphatic hydroxyl groups is 2. The maximum absolute atomic E-state index is 13.1. The van der Waals surface area contributed by atoms with Crippen molar-refractivity contribution in [2.45, 2.75) is 44.1 Å². The topological polar surface area (TPSA) is 75.5 Å². The average Bonchev–Trinajstić information content (AvgIpc) is 2.62. The second-order valence-corrected chi connectivity index (χ2v) is 6.16. The fourth-order valence-corrected chi connectivity index (χ4v) is 2.51. The highest BCUT2D eigenvalue weighted by atomic mass is 19.4. The minimum Gasteiger partial charge on any atom is -0.454 e. The van der Waals surface area contributed by atoms with Crippen LogP contribution in [0.3, 0.4) is 0 Å². The third-order valence-electron chi connectivity index (χ3n) is 4.00. The second-order valence-electron chi connectivity index (χ2n) is 6.16. The Kier molecular flexibility index (Phi) is 6.74. The summed E-state index contributed by atoms with van der Waals surface area (Å²) < 4.78 is 84.0. The van der Waals surface area contributed by atoms with Crippen molar-refractivity contribution in [1.29, 1.82) is 0 Å². The zero-order chi connectivity index (χ0) is 21.9. The second kappa shape index (κ2) is 8.54. The average molecular weight is 424 g/mol. The van der Waals surface area contributed by atoms with E-state index in [0.29, 0.717) is 24.6 Å². The molecule has 160 valence electrons. The van der Waals surface area contributed by atoms with Gasteiger partial charge in [-0.25, -0.2) is 0 Å². The van der Waals surface area contributed by atoms with Gasteiger partial charge < -0.3 is 14.9 Å². The Balaban J connectivity index is 2.44. The van der Waals surface area contributed by atoms with Gasteiger partial charge in [0.1, 0.15) is 11.5 Å². The summed E-state index contributed by atoms with van der Waals surface area (Å²) >= 11 is 0. The quantitative estimate of drug-likeness (QED) is 0.656. The van der Waals surface area contributed by atoms with Crippen molar-refractivity contribution in [3.05, 3.63) is 47.5 Å². The van der Waals surface area contributed by atoms with E-state index < -0.39 is 23.6 Å². The summed E-state index contributed by atoms with van der Waals surface area (Å²) in [7, 11) is 0. The van der Waals surface area contributed by atoms with E-state index in [1.54, 1.807) is 13.0 Å². The highest BCUT2D eigenvalue weighted by Crippen LogP contribution is 2.49. The van der Waals surface area contributed by atoms with Crippen molar-refractivity contribution >= 4 is 0 Å². The van der Waals surface area contributed by atoms with Crippen LogP contribution in [0.25, 0.3) is 0 Å². The Morgan fingerprint density at radius 2 is 1.62 bits per heavy atom. The van der Waals surface area contributed by atoms with Crippen LogP contribution >= 0.6 is 0 Å². The molecule has 0 atom stereocenters. The van der Waals surface area contributed by atoms with Gasteiger partial charge in [0, 0.05) is 18.7 Å². The Morgan fingerprint density at radius 1 is 0.966 bits per heavy atom. The molecule has 2 aromatic rings. The Bertz CT molecular complexity index is 808. The molecule has 29 heavy (non-hydrogen) atoms. The lowest BCUT2D eigenvalue weighted by molar-refractivity contribution is -0.377. The van der Waals surface area contributed by atoms with Crippen LogP contribution in [0.5, 0.6) is 11.5 Å². The molecule has 0 bridgehead atoms. The summed E-state index contributed by atoms with van der Waals surface area (Å²) in [6.07, 6.45) is -10.0. The van der Waals surface area contributed by atoms with E-state index in [0.717, 1.165) is 6.07 Å². The molecule has 0 radical (unpaired) electrons. The first-order valence-corrected chi connectivity index (χ1v) is 8.54. The fourth-order valence-electron chi connectivity index (χ4n) is 2.51. The number of hydrogen-bond donors (Lipinski definition) is 2. The van der Waals surface area contributed by atoms with E-state index in [-0.39, 0.29) is 30.2 Å². The van der Waals surface area contributed by atoms with E-state index in [1.807, 2.05) is 0 Å². The normalized spacial score (nSPS) is 12.9. The smallest absolute Gasteiger partial charge is 0.432 e. The third kappa shape index (κ3) is 4.78. The lowest BCUT2D eigenvalue weighted by Gasteiger charge is -2.32. The van der Waals surface area contributed by atoms with Gasteiger partial charge in [0.2, 0.25) is 0 Å². The predicted octanol–water partition coefficient (Wildman–Crippen LogP) is 4.07. The third-order valence-corrected chi connectivity index (χ3v) is 4.00. The number of rotatable bonds is 7. The lowest BCUT2D eigenvalue weighted by Crippen LogP contribution is -2.54. The Morgan fingerprint density at radius 3 is 2.10 bits per heavy atom. The number of aromatic nitrogens is 2. The van der Waals surface area contributed by atoms with E-state index in [9.17, 15) is 31.4 Å². The van der Waals surface area contributed by atoms with E-state index in [2.05, 4.69) is 9.97 Å². The van der Waals surface area contributed by atoms with Crippen molar-refractivity contribution in [2.75, 3.05) is 6.61 Å². The molecule has 5 nitrogen and oxygen atoms in total. The first-order valence-electron chi connectivity index (χ1n) is 8.54. The van der Waals surface area contributed by atoms with Gasteiger partial charge in [-0.05, 0) is 30.7 Å². The van der Waals surface area contributed by atoms with Gasteiger partial charge in [-0.2, -0.15) is 26.3 Å². The summed E-state index contributed by atoms with van der Waals surface area (Å²) in [5.41, 5.74) is -6.28. The number of ether oxygens (including phenoxy) is 1. The maximum Gasteiger partial charge on any atom is 0.432 e. The Hall–Kier alpha value is -2.40. The number of aliphatic hydroxyl groups excluding tert-OH is 1. The molecule has 0 amide bonds. The molecule has 2 aromatic heterocycles. The zero-order valence-corrected chi connectivity index (χ0v) is 15.2. The first kappa shape index (κ1) is 22.9. The van der Waals surface area contributed by atoms with Crippen LogP contribution in [0, 0.1) is 0 Å². The van der Waals surface area contributed by atoms with Gasteiger partial charge in [-0.1, -0.05) is 13.3 Å². The highest BCUT2D eigenvalue weighted by Gasteiger charge is 2.72. The van der Waals surface area contributed by atoms with E-state index >= 15 is 0 Å². The fraction of sp³-hybridized carbons (Fsp3) is 0.444. The summed E-state index contributed by atoms with van der Waals surface area (Å²) in [4.78, 5) is 7.46. The van der Waals surface area contributed by atoms with Crippen LogP contribution in [0.2, 0.25) is 0 Å². The monoisotopic (exact) mass is 424 g/mol. The number of alkyl halides is 6.